The summed E-state index contributed by atoms with van der Waals surface area (Å²) in [6.45, 7) is 5.43. The Morgan fingerprint density at radius 2 is 2.08 bits per heavy atom. The van der Waals surface area contributed by atoms with Gasteiger partial charge in [0.2, 0.25) is 5.89 Å². The normalized spacial score (nSPS) is 12.8. The third-order valence-corrected chi connectivity index (χ3v) is 4.54. The maximum atomic E-state index is 5.54. The van der Waals surface area contributed by atoms with Crippen molar-refractivity contribution in [2.75, 3.05) is 6.54 Å². The van der Waals surface area contributed by atoms with Gasteiger partial charge in [-0.2, -0.15) is 0 Å². The van der Waals surface area contributed by atoms with Gasteiger partial charge in [-0.1, -0.05) is 36.4 Å². The van der Waals surface area contributed by atoms with E-state index in [0.717, 1.165) is 23.1 Å². The Morgan fingerprint density at radius 1 is 1.24 bits per heavy atom. The number of hydrogen-bond donors (Lipinski definition) is 2. The number of nitrogens with zero attached hydrogens (tertiary/aromatic N) is 2. The van der Waals surface area contributed by atoms with E-state index in [-0.39, 0.29) is 6.04 Å². The number of nitrogens with one attached hydrogen (secondary N) is 2. The molecule has 0 amide bonds. The van der Waals surface area contributed by atoms with Crippen molar-refractivity contribution in [2.24, 2.45) is 4.99 Å². The Hall–Kier alpha value is -2.60. The van der Waals surface area contributed by atoms with Gasteiger partial charge >= 0.3 is 0 Å². The first-order chi connectivity index (χ1) is 12.3. The van der Waals surface area contributed by atoms with Gasteiger partial charge in [-0.05, 0) is 30.9 Å². The van der Waals surface area contributed by atoms with Gasteiger partial charge in [0.05, 0.1) is 17.5 Å². The van der Waals surface area contributed by atoms with Gasteiger partial charge in [0, 0.05) is 6.54 Å². The minimum atomic E-state index is 0.165. The van der Waals surface area contributed by atoms with Crippen LogP contribution >= 0.6 is 11.3 Å². The Bertz CT molecular complexity index is 796. The first-order valence-corrected chi connectivity index (χ1v) is 9.22. The van der Waals surface area contributed by atoms with Gasteiger partial charge in [-0.15, -0.1) is 11.3 Å². The van der Waals surface area contributed by atoms with Crippen LogP contribution in [0.25, 0.3) is 10.8 Å². The van der Waals surface area contributed by atoms with Crippen molar-refractivity contribution >= 4 is 17.3 Å². The molecule has 0 saturated heterocycles. The second-order valence-corrected chi connectivity index (χ2v) is 6.54. The molecule has 2 aromatic heterocycles. The predicted octanol–water partition coefficient (Wildman–Crippen LogP) is 4.22. The lowest BCUT2D eigenvalue weighted by molar-refractivity contribution is 0.574. The van der Waals surface area contributed by atoms with Crippen molar-refractivity contribution in [1.82, 2.24) is 15.6 Å². The molecule has 3 rings (SSSR count). The number of oxazole rings is 1. The fourth-order valence-electron chi connectivity index (χ4n) is 2.40. The molecular weight excluding hydrogens is 332 g/mol. The number of aromatic nitrogens is 1. The smallest absolute Gasteiger partial charge is 0.236 e. The second-order valence-electron chi connectivity index (χ2n) is 5.59. The number of hydrogen-bond acceptors (Lipinski definition) is 4. The summed E-state index contributed by atoms with van der Waals surface area (Å²) in [6.07, 6.45) is 1.67. The lowest BCUT2D eigenvalue weighted by atomic mass is 10.1. The molecule has 0 bridgehead atoms. The second kappa shape index (κ2) is 8.48. The molecule has 1 atom stereocenters. The molecule has 0 aliphatic carbocycles. The van der Waals surface area contributed by atoms with Gasteiger partial charge in [0.25, 0.3) is 0 Å². The molecule has 2 heterocycles. The standard InChI is InChI=1S/C19H22N4OS/c1-3-20-19(22-14(2)15-8-5-4-6-9-15)21-12-16-13-24-18(23-16)17-10-7-11-25-17/h4-11,13-14H,3,12H2,1-2H3,(H2,20,21,22). The van der Waals surface area contributed by atoms with E-state index in [9.17, 15) is 0 Å². The maximum Gasteiger partial charge on any atom is 0.236 e. The quantitative estimate of drug-likeness (QED) is 0.514. The fraction of sp³-hybridized carbons (Fsp3) is 0.263. The lowest BCUT2D eigenvalue weighted by Gasteiger charge is -2.18. The highest BCUT2D eigenvalue weighted by atomic mass is 32.1. The molecule has 1 unspecified atom stereocenters. The lowest BCUT2D eigenvalue weighted by Crippen LogP contribution is -2.38. The Labute approximate surface area is 151 Å². The summed E-state index contributed by atoms with van der Waals surface area (Å²) in [6, 6.07) is 14.5. The Morgan fingerprint density at radius 3 is 2.80 bits per heavy atom. The van der Waals surface area contributed by atoms with Crippen molar-refractivity contribution in [1.29, 1.82) is 0 Å². The van der Waals surface area contributed by atoms with E-state index in [1.807, 2.05) is 35.7 Å². The van der Waals surface area contributed by atoms with Crippen molar-refractivity contribution in [3.8, 4) is 10.8 Å². The van der Waals surface area contributed by atoms with Crippen LogP contribution in [0.3, 0.4) is 0 Å². The molecule has 5 nitrogen and oxygen atoms in total. The zero-order valence-electron chi connectivity index (χ0n) is 14.4. The zero-order valence-corrected chi connectivity index (χ0v) is 15.2. The first-order valence-electron chi connectivity index (χ1n) is 8.34. The minimum absolute atomic E-state index is 0.165. The van der Waals surface area contributed by atoms with Gasteiger partial charge in [0.15, 0.2) is 5.96 Å². The van der Waals surface area contributed by atoms with E-state index in [1.54, 1.807) is 17.6 Å². The van der Waals surface area contributed by atoms with Crippen LogP contribution in [0.4, 0.5) is 0 Å². The molecule has 3 aromatic rings. The van der Waals surface area contributed by atoms with Crippen molar-refractivity contribution in [2.45, 2.75) is 26.4 Å². The van der Waals surface area contributed by atoms with E-state index >= 15 is 0 Å². The predicted molar refractivity (Wildman–Crippen MR) is 103 cm³/mol. The number of aliphatic imine (C=N–C) groups is 1. The third kappa shape index (κ3) is 4.70. The SMILES string of the molecule is CCNC(=NCc1coc(-c2cccs2)n1)NC(C)c1ccccc1. The monoisotopic (exact) mass is 354 g/mol. The summed E-state index contributed by atoms with van der Waals surface area (Å²) in [7, 11) is 0. The molecule has 0 spiro atoms. The molecule has 1 aromatic carbocycles. The van der Waals surface area contributed by atoms with Crippen LogP contribution in [0.2, 0.25) is 0 Å². The average Bonchev–Trinajstić information content (AvgIpc) is 3.32. The number of thiophene rings is 1. The van der Waals surface area contributed by atoms with Crippen LogP contribution in [0.5, 0.6) is 0 Å². The topological polar surface area (TPSA) is 62.5 Å². The number of rotatable bonds is 6. The maximum absolute atomic E-state index is 5.54. The molecule has 0 aliphatic heterocycles. The Balaban J connectivity index is 1.66. The average molecular weight is 354 g/mol. The van der Waals surface area contributed by atoms with E-state index in [0.29, 0.717) is 12.4 Å². The van der Waals surface area contributed by atoms with Crippen molar-refractivity contribution < 1.29 is 4.42 Å². The molecule has 0 radical (unpaired) electrons. The number of guanidine groups is 1. The van der Waals surface area contributed by atoms with Crippen molar-refractivity contribution in [3.63, 3.8) is 0 Å². The van der Waals surface area contributed by atoms with Gasteiger partial charge in [0.1, 0.15) is 12.0 Å². The fourth-order valence-corrected chi connectivity index (χ4v) is 3.06. The highest BCUT2D eigenvalue weighted by molar-refractivity contribution is 7.13. The summed E-state index contributed by atoms with van der Waals surface area (Å²) in [5.41, 5.74) is 2.03. The van der Waals surface area contributed by atoms with Gasteiger partial charge < -0.3 is 15.1 Å². The molecule has 130 valence electrons. The summed E-state index contributed by atoms with van der Waals surface area (Å²) in [4.78, 5) is 10.1. The zero-order chi connectivity index (χ0) is 17.5. The highest BCUT2D eigenvalue weighted by Crippen LogP contribution is 2.23. The molecule has 25 heavy (non-hydrogen) atoms. The molecule has 0 saturated carbocycles. The highest BCUT2D eigenvalue weighted by Gasteiger charge is 2.09. The van der Waals surface area contributed by atoms with Crippen LogP contribution in [0, 0.1) is 0 Å². The van der Waals surface area contributed by atoms with Gasteiger partial charge in [-0.25, -0.2) is 9.98 Å². The van der Waals surface area contributed by atoms with Crippen molar-refractivity contribution in [3.05, 3.63) is 65.4 Å². The summed E-state index contributed by atoms with van der Waals surface area (Å²) < 4.78 is 5.54. The van der Waals surface area contributed by atoms with Crippen LogP contribution in [0.1, 0.15) is 31.1 Å². The molecular formula is C19H22N4OS. The van der Waals surface area contributed by atoms with E-state index < -0.39 is 0 Å². The van der Waals surface area contributed by atoms with Crippen LogP contribution in [-0.2, 0) is 6.54 Å². The third-order valence-electron chi connectivity index (χ3n) is 3.68. The molecule has 0 fully saturated rings. The van der Waals surface area contributed by atoms with E-state index in [4.69, 9.17) is 4.42 Å². The molecule has 2 N–H and O–H groups in total. The van der Waals surface area contributed by atoms with Crippen LogP contribution in [-0.4, -0.2) is 17.5 Å². The van der Waals surface area contributed by atoms with Crippen LogP contribution < -0.4 is 10.6 Å². The van der Waals surface area contributed by atoms with Gasteiger partial charge in [-0.3, -0.25) is 0 Å². The van der Waals surface area contributed by atoms with E-state index in [1.165, 1.54) is 5.56 Å². The first kappa shape index (κ1) is 17.2. The van der Waals surface area contributed by atoms with E-state index in [2.05, 4.69) is 46.6 Å². The minimum Gasteiger partial charge on any atom is -0.443 e. The number of benzene rings is 1. The molecule has 0 aliphatic rings. The molecule has 6 heteroatoms. The Kier molecular flexibility index (Phi) is 5.85. The largest absolute Gasteiger partial charge is 0.443 e. The summed E-state index contributed by atoms with van der Waals surface area (Å²) in [5, 5.41) is 8.70. The summed E-state index contributed by atoms with van der Waals surface area (Å²) in [5.74, 6) is 1.41. The summed E-state index contributed by atoms with van der Waals surface area (Å²) >= 11 is 1.61. The van der Waals surface area contributed by atoms with Crippen LogP contribution in [0.15, 0.2) is 63.5 Å².